The van der Waals surface area contributed by atoms with Gasteiger partial charge in [-0.05, 0) is 69.8 Å². The fourth-order valence-electron chi connectivity index (χ4n) is 8.34. The molecule has 0 radical (unpaired) electrons. The van der Waals surface area contributed by atoms with Crippen LogP contribution < -0.4 is 0 Å². The van der Waals surface area contributed by atoms with Crippen LogP contribution in [0.1, 0.15) is 25.0 Å². The van der Waals surface area contributed by atoms with Crippen molar-refractivity contribution < 1.29 is 4.42 Å². The van der Waals surface area contributed by atoms with Crippen LogP contribution >= 0.6 is 11.3 Å². The average Bonchev–Trinajstić information content (AvgIpc) is 3.85. The smallest absolute Gasteiger partial charge is 0.165 e. The zero-order chi connectivity index (χ0) is 35.3. The third-order valence-corrected chi connectivity index (χ3v) is 12.2. The molecule has 0 atom stereocenters. The highest BCUT2D eigenvalue weighted by atomic mass is 32.1. The number of nitrogens with zero attached hydrogens (tertiary/aromatic N) is 3. The second kappa shape index (κ2) is 11.3. The maximum absolute atomic E-state index is 6.34. The second-order valence-electron chi connectivity index (χ2n) is 14.4. The summed E-state index contributed by atoms with van der Waals surface area (Å²) in [6.07, 6.45) is 0. The summed E-state index contributed by atoms with van der Waals surface area (Å²) in [6, 6.07) is 53.5. The van der Waals surface area contributed by atoms with Gasteiger partial charge in [0.05, 0.1) is 0 Å². The van der Waals surface area contributed by atoms with E-state index in [1.165, 1.54) is 47.8 Å². The molecule has 0 N–H and O–H groups in total. The Hall–Kier alpha value is -6.43. The van der Waals surface area contributed by atoms with Crippen LogP contribution in [0.3, 0.4) is 0 Å². The lowest BCUT2D eigenvalue weighted by Gasteiger charge is -2.21. The molecule has 0 spiro atoms. The molecule has 0 bridgehead atoms. The summed E-state index contributed by atoms with van der Waals surface area (Å²) < 4.78 is 8.78. The summed E-state index contributed by atoms with van der Waals surface area (Å²) in [5.74, 6) is 1.97. The predicted octanol–water partition coefficient (Wildman–Crippen LogP) is 13.1. The zero-order valence-electron chi connectivity index (χ0n) is 29.1. The molecule has 1 aliphatic carbocycles. The Kier molecular flexibility index (Phi) is 6.43. The Balaban J connectivity index is 1.08. The average molecular weight is 698 g/mol. The fourth-order valence-corrected chi connectivity index (χ4v) is 9.55. The van der Waals surface area contributed by atoms with Crippen LogP contribution in [-0.4, -0.2) is 15.0 Å². The lowest BCUT2D eigenvalue weighted by atomic mass is 9.82. The molecule has 0 aliphatic heterocycles. The van der Waals surface area contributed by atoms with Crippen LogP contribution in [0.5, 0.6) is 0 Å². The van der Waals surface area contributed by atoms with Gasteiger partial charge in [-0.25, -0.2) is 15.0 Å². The van der Waals surface area contributed by atoms with Gasteiger partial charge in [0, 0.05) is 53.1 Å². The number of fused-ring (bicyclic) bond motifs is 10. The number of para-hydroxylation sites is 1. The van der Waals surface area contributed by atoms with E-state index >= 15 is 0 Å². The third kappa shape index (κ3) is 4.57. The summed E-state index contributed by atoms with van der Waals surface area (Å²) in [7, 11) is 0. The van der Waals surface area contributed by atoms with Crippen LogP contribution in [0, 0.1) is 0 Å². The molecule has 0 amide bonds. The minimum absolute atomic E-state index is 0.135. The fraction of sp³-hybridized carbons (Fsp3) is 0.0625. The van der Waals surface area contributed by atoms with E-state index < -0.39 is 0 Å². The van der Waals surface area contributed by atoms with Crippen LogP contribution in [0.25, 0.3) is 98.5 Å². The lowest BCUT2D eigenvalue weighted by molar-refractivity contribution is 0.656. The quantitative estimate of drug-likeness (QED) is 0.184. The Morgan fingerprint density at radius 1 is 0.472 bits per heavy atom. The van der Waals surface area contributed by atoms with Gasteiger partial charge in [0.1, 0.15) is 11.2 Å². The molecule has 3 heterocycles. The van der Waals surface area contributed by atoms with Gasteiger partial charge in [-0.2, -0.15) is 0 Å². The van der Waals surface area contributed by atoms with Crippen molar-refractivity contribution in [1.29, 1.82) is 0 Å². The standard InChI is InChI=1S/C48H31N3OS/c1-48(2)37-23-22-30(27-36(37)42-38(48)24-25-40-43(42)34-17-6-8-20-39(34)52-40)29-14-10-15-31(26-29)46-49-45(28-12-4-3-5-13-28)50-47(51-46)35-19-11-18-33-32-16-7-9-21-41(32)53-44(33)35/h3-27H,1-2H3. The van der Waals surface area contributed by atoms with Crippen LogP contribution in [-0.2, 0) is 5.41 Å². The zero-order valence-corrected chi connectivity index (χ0v) is 29.9. The Morgan fingerprint density at radius 3 is 2.02 bits per heavy atom. The third-order valence-electron chi connectivity index (χ3n) is 10.9. The summed E-state index contributed by atoms with van der Waals surface area (Å²) >= 11 is 1.79. The SMILES string of the molecule is CC1(C)c2ccc(-c3cccc(-c4nc(-c5ccccc5)nc(-c5cccc6c5sc5ccccc56)n4)c3)cc2-c2c1ccc1oc3ccccc3c21. The second-order valence-corrected chi connectivity index (χ2v) is 15.4. The minimum Gasteiger partial charge on any atom is -0.456 e. The molecule has 0 saturated carbocycles. The monoisotopic (exact) mass is 697 g/mol. The van der Waals surface area contributed by atoms with E-state index in [9.17, 15) is 0 Å². The van der Waals surface area contributed by atoms with Crippen LogP contribution in [0.2, 0.25) is 0 Å². The highest BCUT2D eigenvalue weighted by Crippen LogP contribution is 2.53. The van der Waals surface area contributed by atoms with E-state index in [0.717, 1.165) is 44.4 Å². The lowest BCUT2D eigenvalue weighted by Crippen LogP contribution is -2.14. The summed E-state index contributed by atoms with van der Waals surface area (Å²) in [5.41, 5.74) is 12.1. The van der Waals surface area contributed by atoms with Crippen molar-refractivity contribution in [2.45, 2.75) is 19.3 Å². The van der Waals surface area contributed by atoms with Crippen molar-refractivity contribution in [3.63, 3.8) is 0 Å². The summed E-state index contributed by atoms with van der Waals surface area (Å²) in [5, 5.41) is 4.81. The van der Waals surface area contributed by atoms with Crippen molar-refractivity contribution >= 4 is 53.4 Å². The molecular formula is C48H31N3OS. The summed E-state index contributed by atoms with van der Waals surface area (Å²) in [4.78, 5) is 15.4. The van der Waals surface area contributed by atoms with Crippen molar-refractivity contribution in [3.05, 3.63) is 163 Å². The highest BCUT2D eigenvalue weighted by Gasteiger charge is 2.37. The van der Waals surface area contributed by atoms with E-state index in [-0.39, 0.29) is 5.41 Å². The molecule has 53 heavy (non-hydrogen) atoms. The van der Waals surface area contributed by atoms with E-state index in [1.807, 2.05) is 24.3 Å². The maximum atomic E-state index is 6.34. The molecule has 3 aromatic heterocycles. The van der Waals surface area contributed by atoms with Crippen LogP contribution in [0.15, 0.2) is 156 Å². The molecule has 11 rings (SSSR count). The van der Waals surface area contributed by atoms with Gasteiger partial charge in [-0.15, -0.1) is 11.3 Å². The minimum atomic E-state index is -0.135. The Bertz CT molecular complexity index is 3100. The van der Waals surface area contributed by atoms with E-state index in [2.05, 4.69) is 141 Å². The normalized spacial score (nSPS) is 13.2. The van der Waals surface area contributed by atoms with Gasteiger partial charge in [0.2, 0.25) is 0 Å². The largest absolute Gasteiger partial charge is 0.456 e. The van der Waals surface area contributed by atoms with Crippen molar-refractivity contribution in [2.24, 2.45) is 0 Å². The molecule has 10 aromatic rings. The molecule has 5 heteroatoms. The number of hydrogen-bond acceptors (Lipinski definition) is 5. The molecule has 4 nitrogen and oxygen atoms in total. The van der Waals surface area contributed by atoms with Gasteiger partial charge in [-0.3, -0.25) is 0 Å². The van der Waals surface area contributed by atoms with Gasteiger partial charge in [0.15, 0.2) is 17.5 Å². The molecule has 0 saturated heterocycles. The van der Waals surface area contributed by atoms with E-state index in [0.29, 0.717) is 17.5 Å². The number of rotatable bonds is 4. The molecule has 1 aliphatic rings. The van der Waals surface area contributed by atoms with Gasteiger partial charge in [0.25, 0.3) is 0 Å². The molecule has 250 valence electrons. The topological polar surface area (TPSA) is 51.8 Å². The first-order valence-corrected chi connectivity index (χ1v) is 18.8. The van der Waals surface area contributed by atoms with Gasteiger partial charge in [-0.1, -0.05) is 129 Å². The molecule has 0 fully saturated rings. The maximum Gasteiger partial charge on any atom is 0.165 e. The first-order chi connectivity index (χ1) is 26.0. The van der Waals surface area contributed by atoms with Crippen molar-refractivity contribution in [1.82, 2.24) is 15.0 Å². The summed E-state index contributed by atoms with van der Waals surface area (Å²) in [6.45, 7) is 4.65. The Labute approximate surface area is 310 Å². The predicted molar refractivity (Wildman–Crippen MR) is 219 cm³/mol. The first kappa shape index (κ1) is 30.2. The number of hydrogen-bond donors (Lipinski definition) is 0. The molecular weight excluding hydrogens is 667 g/mol. The molecule has 0 unspecified atom stereocenters. The number of benzene rings is 7. The molecule has 7 aromatic carbocycles. The van der Waals surface area contributed by atoms with E-state index in [1.54, 1.807) is 11.3 Å². The van der Waals surface area contributed by atoms with Gasteiger partial charge < -0.3 is 4.42 Å². The highest BCUT2D eigenvalue weighted by molar-refractivity contribution is 7.26. The Morgan fingerprint density at radius 2 is 1.13 bits per heavy atom. The van der Waals surface area contributed by atoms with Crippen molar-refractivity contribution in [3.8, 4) is 56.4 Å². The van der Waals surface area contributed by atoms with E-state index in [4.69, 9.17) is 19.4 Å². The van der Waals surface area contributed by atoms with Crippen molar-refractivity contribution in [2.75, 3.05) is 0 Å². The first-order valence-electron chi connectivity index (χ1n) is 17.9. The number of furan rings is 1. The number of thiophene rings is 1. The number of aromatic nitrogens is 3. The van der Waals surface area contributed by atoms with Gasteiger partial charge >= 0.3 is 0 Å². The van der Waals surface area contributed by atoms with Crippen LogP contribution in [0.4, 0.5) is 0 Å².